The Morgan fingerprint density at radius 2 is 2.00 bits per heavy atom. The van der Waals surface area contributed by atoms with Crippen molar-refractivity contribution in [3.8, 4) is 0 Å². The van der Waals surface area contributed by atoms with Gasteiger partial charge in [-0.05, 0) is 49.4 Å². The van der Waals surface area contributed by atoms with Crippen LogP contribution in [0.3, 0.4) is 0 Å². The molecule has 1 fully saturated rings. The van der Waals surface area contributed by atoms with Crippen LogP contribution in [0.15, 0.2) is 24.3 Å². The Kier molecular flexibility index (Phi) is 6.60. The Morgan fingerprint density at radius 1 is 1.30 bits per heavy atom. The molecule has 1 saturated heterocycles. The average Bonchev–Trinajstić information content (AvgIpc) is 2.54. The van der Waals surface area contributed by atoms with E-state index >= 15 is 0 Å². The molecule has 1 aliphatic heterocycles. The van der Waals surface area contributed by atoms with E-state index in [2.05, 4.69) is 17.0 Å². The maximum absolute atomic E-state index is 11.7. The summed E-state index contributed by atoms with van der Waals surface area (Å²) in [5, 5.41) is 0.768. The molecule has 0 aromatic heterocycles. The SMILES string of the molecule is CC(=O)C(=O)N(C)C[C@H]1CCCN(CCc2ccc(Cl)cc2)C1. The minimum absolute atomic E-state index is 0.386. The van der Waals surface area contributed by atoms with Crippen LogP contribution in [-0.2, 0) is 16.0 Å². The number of nitrogens with zero attached hydrogens (tertiary/aromatic N) is 2. The molecule has 5 heteroatoms. The highest BCUT2D eigenvalue weighted by Gasteiger charge is 2.23. The van der Waals surface area contributed by atoms with E-state index in [-0.39, 0.29) is 11.7 Å². The fourth-order valence-corrected chi connectivity index (χ4v) is 3.31. The van der Waals surface area contributed by atoms with Crippen LogP contribution in [0.1, 0.15) is 25.3 Å². The molecular weight excluding hydrogens is 312 g/mol. The van der Waals surface area contributed by atoms with Crippen molar-refractivity contribution in [2.75, 3.05) is 33.2 Å². The van der Waals surface area contributed by atoms with Gasteiger partial charge in [0.2, 0.25) is 5.78 Å². The van der Waals surface area contributed by atoms with E-state index in [9.17, 15) is 9.59 Å². The topological polar surface area (TPSA) is 40.6 Å². The summed E-state index contributed by atoms with van der Waals surface area (Å²) in [7, 11) is 1.72. The van der Waals surface area contributed by atoms with E-state index in [1.807, 2.05) is 12.1 Å². The second kappa shape index (κ2) is 8.46. The summed E-state index contributed by atoms with van der Waals surface area (Å²) in [6, 6.07) is 8.00. The van der Waals surface area contributed by atoms with Gasteiger partial charge in [0.05, 0.1) is 0 Å². The van der Waals surface area contributed by atoms with E-state index in [1.165, 1.54) is 12.5 Å². The van der Waals surface area contributed by atoms with Gasteiger partial charge in [-0.3, -0.25) is 9.59 Å². The summed E-state index contributed by atoms with van der Waals surface area (Å²) >= 11 is 5.91. The number of likely N-dealkylation sites (N-methyl/N-ethyl adjacent to an activating group) is 1. The molecule has 1 atom stereocenters. The fourth-order valence-electron chi connectivity index (χ4n) is 3.18. The number of carbonyl (C=O) groups is 2. The lowest BCUT2D eigenvalue weighted by atomic mass is 9.97. The van der Waals surface area contributed by atoms with Gasteiger partial charge in [0.25, 0.3) is 5.91 Å². The summed E-state index contributed by atoms with van der Waals surface area (Å²) in [6.45, 7) is 5.11. The van der Waals surface area contributed by atoms with E-state index in [1.54, 1.807) is 11.9 Å². The third kappa shape index (κ3) is 5.63. The second-order valence-electron chi connectivity index (χ2n) is 6.43. The van der Waals surface area contributed by atoms with Crippen LogP contribution in [0, 0.1) is 5.92 Å². The zero-order valence-corrected chi connectivity index (χ0v) is 14.7. The van der Waals surface area contributed by atoms with Crippen molar-refractivity contribution in [1.29, 1.82) is 0 Å². The molecule has 0 radical (unpaired) electrons. The number of halogens is 1. The van der Waals surface area contributed by atoms with Crippen LogP contribution in [0.5, 0.6) is 0 Å². The lowest BCUT2D eigenvalue weighted by molar-refractivity contribution is -0.143. The average molecular weight is 337 g/mol. The van der Waals surface area contributed by atoms with E-state index in [0.717, 1.165) is 43.9 Å². The number of carbonyl (C=O) groups excluding carboxylic acids is 2. The molecule has 0 spiro atoms. The highest BCUT2D eigenvalue weighted by molar-refractivity contribution is 6.35. The van der Waals surface area contributed by atoms with Crippen molar-refractivity contribution >= 4 is 23.3 Å². The van der Waals surface area contributed by atoms with Gasteiger partial charge in [-0.15, -0.1) is 0 Å². The van der Waals surface area contributed by atoms with Gasteiger partial charge in [0, 0.05) is 38.6 Å². The van der Waals surface area contributed by atoms with Crippen LogP contribution in [0.4, 0.5) is 0 Å². The molecule has 1 amide bonds. The lowest BCUT2D eigenvalue weighted by Crippen LogP contribution is -2.43. The molecule has 0 unspecified atom stereocenters. The van der Waals surface area contributed by atoms with Crippen LogP contribution >= 0.6 is 11.6 Å². The molecular formula is C18H25ClN2O2. The smallest absolute Gasteiger partial charge is 0.289 e. The van der Waals surface area contributed by atoms with Crippen molar-refractivity contribution in [2.45, 2.75) is 26.2 Å². The van der Waals surface area contributed by atoms with E-state index < -0.39 is 0 Å². The number of Topliss-reactive ketones (excluding diaryl/α,β-unsaturated/α-hetero) is 1. The molecule has 23 heavy (non-hydrogen) atoms. The molecule has 0 N–H and O–H groups in total. The highest BCUT2D eigenvalue weighted by Crippen LogP contribution is 2.18. The van der Waals surface area contributed by atoms with Crippen LogP contribution in [-0.4, -0.2) is 54.7 Å². The van der Waals surface area contributed by atoms with Gasteiger partial charge in [0.1, 0.15) is 0 Å². The fraction of sp³-hybridized carbons (Fsp3) is 0.556. The molecule has 1 aliphatic rings. The number of benzene rings is 1. The summed E-state index contributed by atoms with van der Waals surface area (Å²) < 4.78 is 0. The summed E-state index contributed by atoms with van der Waals surface area (Å²) in [4.78, 5) is 26.9. The number of amides is 1. The summed E-state index contributed by atoms with van der Waals surface area (Å²) in [5.74, 6) is -0.326. The molecule has 1 heterocycles. The number of rotatable bonds is 6. The Morgan fingerprint density at radius 3 is 2.65 bits per heavy atom. The van der Waals surface area contributed by atoms with Crippen molar-refractivity contribution < 1.29 is 9.59 Å². The number of piperidine rings is 1. The maximum Gasteiger partial charge on any atom is 0.289 e. The number of hydrogen-bond donors (Lipinski definition) is 0. The summed E-state index contributed by atoms with van der Waals surface area (Å²) in [6.07, 6.45) is 3.27. The van der Waals surface area contributed by atoms with Crippen LogP contribution in [0.2, 0.25) is 5.02 Å². The first-order chi connectivity index (χ1) is 11.0. The third-order valence-corrected chi connectivity index (χ3v) is 4.66. The van der Waals surface area contributed by atoms with Gasteiger partial charge in [-0.2, -0.15) is 0 Å². The van der Waals surface area contributed by atoms with E-state index in [4.69, 9.17) is 11.6 Å². The number of likely N-dealkylation sites (tertiary alicyclic amines) is 1. The second-order valence-corrected chi connectivity index (χ2v) is 6.86. The first-order valence-electron chi connectivity index (χ1n) is 8.18. The van der Waals surface area contributed by atoms with Gasteiger partial charge in [-0.25, -0.2) is 0 Å². The van der Waals surface area contributed by atoms with Crippen molar-refractivity contribution in [3.05, 3.63) is 34.9 Å². The molecule has 2 rings (SSSR count). The Bertz CT molecular complexity index is 544. The van der Waals surface area contributed by atoms with Crippen molar-refractivity contribution in [1.82, 2.24) is 9.80 Å². The predicted molar refractivity (Wildman–Crippen MR) is 92.6 cm³/mol. The maximum atomic E-state index is 11.7. The zero-order chi connectivity index (χ0) is 16.8. The molecule has 126 valence electrons. The normalized spacial score (nSPS) is 18.7. The molecule has 0 saturated carbocycles. The summed E-state index contributed by atoms with van der Waals surface area (Å²) in [5.41, 5.74) is 1.29. The van der Waals surface area contributed by atoms with Gasteiger partial charge >= 0.3 is 0 Å². The number of ketones is 1. The Hall–Kier alpha value is -1.39. The minimum atomic E-state index is -0.386. The molecule has 0 aliphatic carbocycles. The largest absolute Gasteiger partial charge is 0.339 e. The van der Waals surface area contributed by atoms with Crippen molar-refractivity contribution in [2.24, 2.45) is 5.92 Å². The highest BCUT2D eigenvalue weighted by atomic mass is 35.5. The quantitative estimate of drug-likeness (QED) is 0.750. The zero-order valence-electron chi connectivity index (χ0n) is 13.9. The first-order valence-corrected chi connectivity index (χ1v) is 8.56. The predicted octanol–water partition coefficient (Wildman–Crippen LogP) is 2.64. The standard InChI is InChI=1S/C18H25ClN2O2/c1-14(22)18(23)20(2)12-16-4-3-10-21(13-16)11-9-15-5-7-17(19)8-6-15/h5-8,16H,3-4,9-13H2,1-2H3/t16-/m1/s1. The van der Waals surface area contributed by atoms with Gasteiger partial charge < -0.3 is 9.80 Å². The monoisotopic (exact) mass is 336 g/mol. The van der Waals surface area contributed by atoms with Crippen LogP contribution in [0.25, 0.3) is 0 Å². The van der Waals surface area contributed by atoms with Gasteiger partial charge in [0.15, 0.2) is 0 Å². The minimum Gasteiger partial charge on any atom is -0.339 e. The van der Waals surface area contributed by atoms with Crippen molar-refractivity contribution in [3.63, 3.8) is 0 Å². The Balaban J connectivity index is 1.80. The molecule has 0 bridgehead atoms. The number of hydrogen-bond acceptors (Lipinski definition) is 3. The lowest BCUT2D eigenvalue weighted by Gasteiger charge is -2.34. The molecule has 4 nitrogen and oxygen atoms in total. The van der Waals surface area contributed by atoms with Gasteiger partial charge in [-0.1, -0.05) is 23.7 Å². The Labute approximate surface area is 143 Å². The first kappa shape index (κ1) is 18.0. The molecule has 1 aromatic rings. The van der Waals surface area contributed by atoms with E-state index in [0.29, 0.717) is 12.5 Å². The van der Waals surface area contributed by atoms with Crippen LogP contribution < -0.4 is 0 Å². The third-order valence-electron chi connectivity index (χ3n) is 4.41. The molecule has 1 aromatic carbocycles.